The van der Waals surface area contributed by atoms with Crippen molar-refractivity contribution in [3.05, 3.63) is 81.3 Å². The Bertz CT molecular complexity index is 1650. The largest absolute Gasteiger partial charge is 0.497 e. The Balaban J connectivity index is 1.39. The minimum Gasteiger partial charge on any atom is -0.497 e. The van der Waals surface area contributed by atoms with Gasteiger partial charge in [0.25, 0.3) is 17.4 Å². The monoisotopic (exact) mass is 520 g/mol. The normalized spacial score (nSPS) is 10.7. The van der Waals surface area contributed by atoms with Crippen LogP contribution in [0, 0.1) is 0 Å². The smallest absolute Gasteiger partial charge is 0.332 e. The van der Waals surface area contributed by atoms with E-state index in [0.29, 0.717) is 11.4 Å². The molecule has 2 amide bonds. The first-order valence-corrected chi connectivity index (χ1v) is 11.3. The molecule has 0 fully saturated rings. The highest BCUT2D eigenvalue weighted by atomic mass is 16.5. The molecule has 0 atom stereocenters. The molecule has 4 rings (SSSR count). The maximum Gasteiger partial charge on any atom is 0.332 e. The molecule has 0 bridgehead atoms. The van der Waals surface area contributed by atoms with Crippen LogP contribution in [0.1, 0.15) is 10.4 Å². The fraction of sp³-hybridized carbons (Fsp3) is 0.200. The van der Waals surface area contributed by atoms with Crippen LogP contribution in [0.5, 0.6) is 5.75 Å². The van der Waals surface area contributed by atoms with Crippen molar-refractivity contribution in [2.45, 2.75) is 6.54 Å². The number of aryl methyl sites for hydroxylation is 1. The molecule has 196 valence electrons. The van der Waals surface area contributed by atoms with Gasteiger partial charge in [-0.25, -0.2) is 9.78 Å². The van der Waals surface area contributed by atoms with Crippen LogP contribution in [0.25, 0.3) is 11.2 Å². The van der Waals surface area contributed by atoms with E-state index in [0.717, 1.165) is 4.57 Å². The molecule has 0 spiro atoms. The number of nitrogens with zero attached hydrogens (tertiary/aromatic N) is 4. The number of methoxy groups -OCH3 is 1. The van der Waals surface area contributed by atoms with E-state index in [1.54, 1.807) is 48.5 Å². The number of ether oxygens (including phenoxy) is 2. The third kappa shape index (κ3) is 5.31. The minimum atomic E-state index is -0.805. The summed E-state index contributed by atoms with van der Waals surface area (Å²) in [5.74, 6) is -1.29. The maximum atomic E-state index is 12.8. The van der Waals surface area contributed by atoms with Crippen LogP contribution in [0.3, 0.4) is 0 Å². The van der Waals surface area contributed by atoms with Gasteiger partial charge in [0.15, 0.2) is 17.8 Å². The fourth-order valence-electron chi connectivity index (χ4n) is 3.70. The molecule has 0 aliphatic rings. The number of para-hydroxylation sites is 1. The second kappa shape index (κ2) is 10.8. The number of aromatic nitrogens is 4. The van der Waals surface area contributed by atoms with Crippen LogP contribution in [-0.4, -0.2) is 50.2 Å². The molecule has 0 radical (unpaired) electrons. The molecule has 0 aliphatic heterocycles. The molecule has 0 saturated heterocycles. The summed E-state index contributed by atoms with van der Waals surface area (Å²) in [5.41, 5.74) is -0.0340. The highest BCUT2D eigenvalue weighted by Crippen LogP contribution is 2.19. The summed E-state index contributed by atoms with van der Waals surface area (Å²) >= 11 is 0. The highest BCUT2D eigenvalue weighted by molar-refractivity contribution is 6.10. The lowest BCUT2D eigenvalue weighted by Crippen LogP contribution is -2.37. The number of imidazole rings is 1. The van der Waals surface area contributed by atoms with Crippen LogP contribution in [0.4, 0.5) is 11.4 Å². The van der Waals surface area contributed by atoms with Gasteiger partial charge >= 0.3 is 11.7 Å². The van der Waals surface area contributed by atoms with Crippen molar-refractivity contribution >= 4 is 40.3 Å². The number of amides is 2. The summed E-state index contributed by atoms with van der Waals surface area (Å²) in [4.78, 5) is 66.2. The maximum absolute atomic E-state index is 12.8. The van der Waals surface area contributed by atoms with Crippen LogP contribution in [0.15, 0.2) is 64.4 Å². The van der Waals surface area contributed by atoms with Gasteiger partial charge in [0.2, 0.25) is 0 Å². The zero-order valence-corrected chi connectivity index (χ0v) is 20.8. The van der Waals surface area contributed by atoms with E-state index in [9.17, 15) is 24.0 Å². The van der Waals surface area contributed by atoms with Gasteiger partial charge in [0, 0.05) is 19.8 Å². The number of rotatable bonds is 8. The Labute approximate surface area is 215 Å². The summed E-state index contributed by atoms with van der Waals surface area (Å²) in [7, 11) is 4.31. The van der Waals surface area contributed by atoms with Crippen molar-refractivity contribution in [2.24, 2.45) is 14.1 Å². The third-order valence-electron chi connectivity index (χ3n) is 5.67. The molecule has 2 heterocycles. The molecule has 0 aliphatic carbocycles. The van der Waals surface area contributed by atoms with E-state index in [-0.39, 0.29) is 22.4 Å². The predicted octanol–water partition coefficient (Wildman–Crippen LogP) is 0.877. The first-order valence-electron chi connectivity index (χ1n) is 11.3. The molecule has 0 saturated carbocycles. The highest BCUT2D eigenvalue weighted by Gasteiger charge is 2.18. The predicted molar refractivity (Wildman–Crippen MR) is 137 cm³/mol. The van der Waals surface area contributed by atoms with Gasteiger partial charge < -0.3 is 24.7 Å². The van der Waals surface area contributed by atoms with E-state index in [1.807, 2.05) is 0 Å². The number of hydrogen-bond donors (Lipinski definition) is 2. The number of esters is 1. The quantitative estimate of drug-likeness (QED) is 0.324. The Hall–Kier alpha value is -5.20. The lowest BCUT2D eigenvalue weighted by Gasteiger charge is -2.12. The van der Waals surface area contributed by atoms with E-state index < -0.39 is 42.2 Å². The van der Waals surface area contributed by atoms with E-state index >= 15 is 0 Å². The number of carbonyl (C=O) groups is 3. The van der Waals surface area contributed by atoms with Gasteiger partial charge in [-0.2, -0.15) is 0 Å². The molecule has 2 aromatic carbocycles. The lowest BCUT2D eigenvalue weighted by molar-refractivity contribution is -0.147. The molecule has 4 aromatic rings. The zero-order chi connectivity index (χ0) is 27.4. The zero-order valence-electron chi connectivity index (χ0n) is 20.8. The molecule has 38 heavy (non-hydrogen) atoms. The Morgan fingerprint density at radius 1 is 0.947 bits per heavy atom. The molecular weight excluding hydrogens is 496 g/mol. The first kappa shape index (κ1) is 25.9. The van der Waals surface area contributed by atoms with Crippen molar-refractivity contribution in [1.82, 2.24) is 18.7 Å². The van der Waals surface area contributed by atoms with Crippen molar-refractivity contribution in [3.63, 3.8) is 0 Å². The summed E-state index contributed by atoms with van der Waals surface area (Å²) < 4.78 is 13.5. The van der Waals surface area contributed by atoms with Gasteiger partial charge in [-0.1, -0.05) is 12.1 Å². The van der Waals surface area contributed by atoms with Crippen LogP contribution < -0.4 is 26.6 Å². The topological polar surface area (TPSA) is 156 Å². The number of benzene rings is 2. The summed E-state index contributed by atoms with van der Waals surface area (Å²) in [6, 6.07) is 13.1. The summed E-state index contributed by atoms with van der Waals surface area (Å²) in [6.07, 6.45) is 1.24. The van der Waals surface area contributed by atoms with Gasteiger partial charge in [-0.05, 0) is 36.4 Å². The first-order chi connectivity index (χ1) is 18.2. The van der Waals surface area contributed by atoms with Gasteiger partial charge in [-0.3, -0.25) is 28.3 Å². The molecule has 13 heteroatoms. The van der Waals surface area contributed by atoms with E-state index in [4.69, 9.17) is 9.47 Å². The number of hydrogen-bond acceptors (Lipinski definition) is 8. The second-order valence-electron chi connectivity index (χ2n) is 8.19. The molecule has 2 N–H and O–H groups in total. The summed E-state index contributed by atoms with van der Waals surface area (Å²) in [6.45, 7) is -1.03. The Morgan fingerprint density at radius 3 is 2.37 bits per heavy atom. The molecule has 13 nitrogen and oxygen atoms in total. The van der Waals surface area contributed by atoms with Crippen LogP contribution >= 0.6 is 0 Å². The van der Waals surface area contributed by atoms with Crippen LogP contribution in [-0.2, 0) is 35.0 Å². The van der Waals surface area contributed by atoms with Crippen molar-refractivity contribution in [1.29, 1.82) is 0 Å². The molecule has 0 unspecified atom stereocenters. The van der Waals surface area contributed by atoms with Crippen molar-refractivity contribution in [3.8, 4) is 5.75 Å². The molecule has 2 aromatic heterocycles. The van der Waals surface area contributed by atoms with Crippen molar-refractivity contribution < 1.29 is 23.9 Å². The second-order valence-corrected chi connectivity index (χ2v) is 8.19. The minimum absolute atomic E-state index is 0.0489. The number of anilines is 2. The Kier molecular flexibility index (Phi) is 7.37. The van der Waals surface area contributed by atoms with Gasteiger partial charge in [0.1, 0.15) is 12.3 Å². The number of fused-ring (bicyclic) bond motifs is 1. The standard InChI is InChI=1S/C25H24N6O7/c1-29-22-21(24(35)30(2)25(29)36)31(14-26-22)12-20(33)38-13-19(32)28-18-7-5-4-6-17(18)23(34)27-15-8-10-16(37-3)11-9-15/h4-11,14H,12-13H2,1-3H3,(H,27,34)(H,28,32). The van der Waals surface area contributed by atoms with E-state index in [2.05, 4.69) is 15.6 Å². The Morgan fingerprint density at radius 2 is 1.66 bits per heavy atom. The number of carbonyl (C=O) groups excluding carboxylic acids is 3. The van der Waals surface area contributed by atoms with Crippen LogP contribution in [0.2, 0.25) is 0 Å². The summed E-state index contributed by atoms with van der Waals surface area (Å²) in [5, 5.41) is 5.30. The van der Waals surface area contributed by atoms with E-state index in [1.165, 1.54) is 36.7 Å². The lowest BCUT2D eigenvalue weighted by atomic mass is 10.1. The fourth-order valence-corrected chi connectivity index (χ4v) is 3.70. The average molecular weight is 521 g/mol. The average Bonchev–Trinajstić information content (AvgIpc) is 3.33. The van der Waals surface area contributed by atoms with Gasteiger partial charge in [0.05, 0.1) is 24.7 Å². The van der Waals surface area contributed by atoms with Gasteiger partial charge in [-0.15, -0.1) is 0 Å². The number of nitrogens with one attached hydrogen (secondary N) is 2. The van der Waals surface area contributed by atoms with Crippen molar-refractivity contribution in [2.75, 3.05) is 24.4 Å². The SMILES string of the molecule is COc1ccc(NC(=O)c2ccccc2NC(=O)COC(=O)Cn2cnc3c2c(=O)n(C)c(=O)n3C)cc1. The third-order valence-corrected chi connectivity index (χ3v) is 5.67. The molecular formula is C25H24N6O7.